The molecule has 24 heavy (non-hydrogen) atoms. The van der Waals surface area contributed by atoms with Crippen molar-refractivity contribution in [3.8, 4) is 0 Å². The largest absolute Gasteiger partial charge is 0.334 e. The lowest BCUT2D eigenvalue weighted by molar-refractivity contribution is -0.302. The van der Waals surface area contributed by atoms with E-state index in [2.05, 4.69) is 38.4 Å². The summed E-state index contributed by atoms with van der Waals surface area (Å²) in [4.78, 5) is 34.1. The Morgan fingerprint density at radius 2 is 1.29 bits per heavy atom. The van der Waals surface area contributed by atoms with Gasteiger partial charge in [0.25, 0.3) is 0 Å². The van der Waals surface area contributed by atoms with Gasteiger partial charge >= 0.3 is 0 Å². The first-order valence-electron chi connectivity index (χ1n) is 7.74. The number of carbonyl (C=O) groups excluding carboxylic acids is 1. The molecule has 0 aliphatic carbocycles. The van der Waals surface area contributed by atoms with Crippen LogP contribution in [0.5, 0.6) is 0 Å². The molecule has 0 spiro atoms. The first-order chi connectivity index (χ1) is 10.9. The Labute approximate surface area is 161 Å². The molecule has 142 valence electrons. The molecular weight excluding hydrogens is 446 g/mol. The summed E-state index contributed by atoms with van der Waals surface area (Å²) in [6.45, 7) is 15.3. The SMILES string of the molecule is C=C(C)C(=O)N(CCOOCC(C)(C)Br)CCOOCC(C)(C)Br. The summed E-state index contributed by atoms with van der Waals surface area (Å²) in [5.41, 5.74) is 0.458. The third kappa shape index (κ3) is 14.4. The molecule has 0 rings (SSSR count). The molecule has 0 aromatic carbocycles. The van der Waals surface area contributed by atoms with Gasteiger partial charge in [-0.3, -0.25) is 4.79 Å². The quantitative estimate of drug-likeness (QED) is 0.134. The van der Waals surface area contributed by atoms with E-state index in [-0.39, 0.29) is 27.8 Å². The third-order valence-corrected chi connectivity index (χ3v) is 2.97. The van der Waals surface area contributed by atoms with Gasteiger partial charge in [0.05, 0.1) is 26.4 Å². The highest BCUT2D eigenvalue weighted by Gasteiger charge is 2.17. The highest BCUT2D eigenvalue weighted by Crippen LogP contribution is 2.16. The van der Waals surface area contributed by atoms with E-state index in [1.54, 1.807) is 11.8 Å². The molecule has 0 atom stereocenters. The average Bonchev–Trinajstić information content (AvgIpc) is 2.41. The number of amides is 1. The predicted octanol–water partition coefficient (Wildman–Crippen LogP) is 3.63. The fourth-order valence-corrected chi connectivity index (χ4v) is 1.55. The molecule has 0 heterocycles. The summed E-state index contributed by atoms with van der Waals surface area (Å²) in [5.74, 6) is -0.149. The minimum atomic E-state index is -0.158. The van der Waals surface area contributed by atoms with E-state index < -0.39 is 0 Å². The van der Waals surface area contributed by atoms with Crippen LogP contribution >= 0.6 is 31.9 Å². The van der Waals surface area contributed by atoms with Crippen LogP contribution in [0.3, 0.4) is 0 Å². The zero-order chi connectivity index (χ0) is 18.8. The number of rotatable bonds is 13. The van der Waals surface area contributed by atoms with Crippen molar-refractivity contribution in [2.75, 3.05) is 39.5 Å². The maximum absolute atomic E-state index is 12.1. The average molecular weight is 475 g/mol. The Hall–Kier alpha value is 0.01000. The van der Waals surface area contributed by atoms with E-state index >= 15 is 0 Å². The summed E-state index contributed by atoms with van der Waals surface area (Å²) in [5, 5.41) is 0. The van der Waals surface area contributed by atoms with Crippen LogP contribution in [-0.4, -0.2) is 59.0 Å². The van der Waals surface area contributed by atoms with E-state index in [1.165, 1.54) is 0 Å². The highest BCUT2D eigenvalue weighted by molar-refractivity contribution is 9.10. The number of hydrogen-bond donors (Lipinski definition) is 0. The van der Waals surface area contributed by atoms with Crippen molar-refractivity contribution < 1.29 is 24.3 Å². The van der Waals surface area contributed by atoms with Crippen LogP contribution in [0.25, 0.3) is 0 Å². The van der Waals surface area contributed by atoms with Gasteiger partial charge in [-0.1, -0.05) is 38.4 Å². The fraction of sp³-hybridized carbons (Fsp3) is 0.812. The van der Waals surface area contributed by atoms with Crippen LogP contribution in [0.15, 0.2) is 12.2 Å². The smallest absolute Gasteiger partial charge is 0.249 e. The van der Waals surface area contributed by atoms with Gasteiger partial charge < -0.3 is 4.90 Å². The lowest BCUT2D eigenvalue weighted by Gasteiger charge is -2.23. The molecule has 0 aromatic heterocycles. The molecule has 0 aliphatic heterocycles. The number of nitrogens with zero attached hydrogens (tertiary/aromatic N) is 1. The summed E-state index contributed by atoms with van der Waals surface area (Å²) in [6, 6.07) is 0. The van der Waals surface area contributed by atoms with Crippen molar-refractivity contribution in [2.24, 2.45) is 0 Å². The zero-order valence-electron chi connectivity index (χ0n) is 15.2. The summed E-state index contributed by atoms with van der Waals surface area (Å²) in [7, 11) is 0. The molecule has 8 heteroatoms. The second-order valence-electron chi connectivity index (χ2n) is 6.68. The van der Waals surface area contributed by atoms with Crippen LogP contribution in [0.1, 0.15) is 34.6 Å². The first-order valence-corrected chi connectivity index (χ1v) is 9.32. The van der Waals surface area contributed by atoms with Crippen LogP contribution in [0.2, 0.25) is 0 Å². The number of halogens is 2. The molecule has 0 saturated heterocycles. The molecule has 0 aliphatic rings. The van der Waals surface area contributed by atoms with Gasteiger partial charge in [-0.05, 0) is 34.6 Å². The number of carbonyl (C=O) groups is 1. The Balaban J connectivity index is 4.12. The molecule has 0 aromatic rings. The maximum Gasteiger partial charge on any atom is 0.249 e. The van der Waals surface area contributed by atoms with Crippen molar-refractivity contribution in [1.82, 2.24) is 4.90 Å². The molecule has 1 amide bonds. The molecule has 0 saturated carbocycles. The lowest BCUT2D eigenvalue weighted by atomic mass is 10.2. The molecule has 0 N–H and O–H groups in total. The third-order valence-electron chi connectivity index (χ3n) is 2.51. The van der Waals surface area contributed by atoms with Gasteiger partial charge in [-0.2, -0.15) is 0 Å². The van der Waals surface area contributed by atoms with Crippen molar-refractivity contribution in [2.45, 2.75) is 43.3 Å². The highest BCUT2D eigenvalue weighted by atomic mass is 79.9. The molecule has 0 fully saturated rings. The lowest BCUT2D eigenvalue weighted by Crippen LogP contribution is -2.37. The van der Waals surface area contributed by atoms with Crippen LogP contribution in [0.4, 0.5) is 0 Å². The van der Waals surface area contributed by atoms with E-state index in [9.17, 15) is 4.79 Å². The standard InChI is InChI=1S/C16H29Br2NO5/c1-13(2)14(20)19(7-9-21-23-11-15(3,4)17)8-10-22-24-12-16(5,6)18/h1,7-12H2,2-6H3. The van der Waals surface area contributed by atoms with Crippen LogP contribution in [0, 0.1) is 0 Å². The maximum atomic E-state index is 12.1. The van der Waals surface area contributed by atoms with Crippen molar-refractivity contribution in [1.29, 1.82) is 0 Å². The Morgan fingerprint density at radius 1 is 0.917 bits per heavy atom. The van der Waals surface area contributed by atoms with Gasteiger partial charge in [-0.15, -0.1) is 0 Å². The number of hydrogen-bond acceptors (Lipinski definition) is 5. The molecule has 0 bridgehead atoms. The molecule has 6 nitrogen and oxygen atoms in total. The Kier molecular flexibility index (Phi) is 11.6. The number of alkyl halides is 2. The van der Waals surface area contributed by atoms with Gasteiger partial charge in [0.1, 0.15) is 0 Å². The zero-order valence-corrected chi connectivity index (χ0v) is 18.4. The van der Waals surface area contributed by atoms with E-state index in [0.29, 0.717) is 31.9 Å². The van der Waals surface area contributed by atoms with Gasteiger partial charge in [0.2, 0.25) is 5.91 Å². The van der Waals surface area contributed by atoms with E-state index in [1.807, 2.05) is 27.7 Å². The van der Waals surface area contributed by atoms with Crippen LogP contribution < -0.4 is 0 Å². The van der Waals surface area contributed by atoms with Gasteiger partial charge in [0.15, 0.2) is 0 Å². The second kappa shape index (κ2) is 11.6. The Bertz CT molecular complexity index is 367. The van der Waals surface area contributed by atoms with E-state index in [4.69, 9.17) is 19.6 Å². The van der Waals surface area contributed by atoms with Gasteiger partial charge in [-0.25, -0.2) is 19.6 Å². The minimum absolute atomic E-state index is 0.149. The molecule has 0 unspecified atom stereocenters. The fourth-order valence-electron chi connectivity index (χ4n) is 1.36. The second-order valence-corrected chi connectivity index (χ2v) is 11.0. The molecular formula is C16H29Br2NO5. The van der Waals surface area contributed by atoms with Crippen molar-refractivity contribution in [3.63, 3.8) is 0 Å². The minimum Gasteiger partial charge on any atom is -0.334 e. The van der Waals surface area contributed by atoms with Crippen LogP contribution in [-0.2, 0) is 24.3 Å². The normalized spacial score (nSPS) is 12.3. The van der Waals surface area contributed by atoms with E-state index in [0.717, 1.165) is 0 Å². The Morgan fingerprint density at radius 3 is 1.58 bits per heavy atom. The monoisotopic (exact) mass is 473 g/mol. The van der Waals surface area contributed by atoms with Gasteiger partial charge in [0, 0.05) is 27.3 Å². The molecule has 0 radical (unpaired) electrons. The first kappa shape index (κ1) is 24.0. The van der Waals surface area contributed by atoms with Crippen molar-refractivity contribution in [3.05, 3.63) is 12.2 Å². The summed E-state index contributed by atoms with van der Waals surface area (Å²) < 4.78 is -0.316. The summed E-state index contributed by atoms with van der Waals surface area (Å²) >= 11 is 6.90. The topological polar surface area (TPSA) is 57.2 Å². The summed E-state index contributed by atoms with van der Waals surface area (Å²) in [6.07, 6.45) is 0. The van der Waals surface area contributed by atoms with Crippen molar-refractivity contribution >= 4 is 37.8 Å². The predicted molar refractivity (Wildman–Crippen MR) is 101 cm³/mol.